The highest BCUT2D eigenvalue weighted by Gasteiger charge is 2.05. The van der Waals surface area contributed by atoms with E-state index in [1.54, 1.807) is 6.20 Å². The minimum Gasteiger partial charge on any atom is -0.398 e. The van der Waals surface area contributed by atoms with Gasteiger partial charge in [-0.3, -0.25) is 4.98 Å². The van der Waals surface area contributed by atoms with E-state index in [2.05, 4.69) is 26.2 Å². The molecule has 0 aliphatic rings. The van der Waals surface area contributed by atoms with E-state index in [-0.39, 0.29) is 6.61 Å². The third-order valence-corrected chi connectivity index (χ3v) is 2.71. The van der Waals surface area contributed by atoms with Gasteiger partial charge in [-0.15, -0.1) is 0 Å². The van der Waals surface area contributed by atoms with E-state index in [9.17, 15) is 0 Å². The van der Waals surface area contributed by atoms with E-state index in [1.807, 2.05) is 18.2 Å². The molecule has 84 valence electrons. The van der Waals surface area contributed by atoms with Crippen LogP contribution in [0.15, 0.2) is 28.9 Å². The van der Waals surface area contributed by atoms with Gasteiger partial charge in [0.15, 0.2) is 0 Å². The average molecular weight is 282 g/mol. The molecule has 0 bridgehead atoms. The van der Waals surface area contributed by atoms with Crippen LogP contribution in [0.5, 0.6) is 0 Å². The van der Waals surface area contributed by atoms with E-state index in [0.717, 1.165) is 21.1 Å². The Morgan fingerprint density at radius 1 is 1.44 bits per heavy atom. The molecule has 5 heteroatoms. The maximum atomic E-state index is 8.78. The lowest BCUT2D eigenvalue weighted by Crippen LogP contribution is -2.06. The number of aliphatic hydroxyl groups is 1. The molecule has 1 aromatic heterocycles. The van der Waals surface area contributed by atoms with Gasteiger partial charge in [0, 0.05) is 28.3 Å². The van der Waals surface area contributed by atoms with E-state index in [4.69, 9.17) is 10.8 Å². The van der Waals surface area contributed by atoms with Crippen LogP contribution in [-0.4, -0.2) is 23.2 Å². The quantitative estimate of drug-likeness (QED) is 0.753. The lowest BCUT2D eigenvalue weighted by Gasteiger charge is -2.09. The molecule has 0 saturated heterocycles. The van der Waals surface area contributed by atoms with Crippen LogP contribution in [0.1, 0.15) is 0 Å². The molecule has 2 rings (SSSR count). The van der Waals surface area contributed by atoms with Crippen LogP contribution >= 0.6 is 15.9 Å². The van der Waals surface area contributed by atoms with Gasteiger partial charge in [0.2, 0.25) is 0 Å². The van der Waals surface area contributed by atoms with Gasteiger partial charge in [-0.2, -0.15) is 0 Å². The van der Waals surface area contributed by atoms with Crippen LogP contribution < -0.4 is 11.1 Å². The Labute approximate surface area is 102 Å². The van der Waals surface area contributed by atoms with E-state index >= 15 is 0 Å². The summed E-state index contributed by atoms with van der Waals surface area (Å²) < 4.78 is 0.894. The third-order valence-electron chi connectivity index (χ3n) is 2.28. The van der Waals surface area contributed by atoms with Gasteiger partial charge >= 0.3 is 0 Å². The van der Waals surface area contributed by atoms with Crippen molar-refractivity contribution in [3.8, 4) is 0 Å². The van der Waals surface area contributed by atoms with Crippen LogP contribution in [0.25, 0.3) is 10.9 Å². The molecule has 0 amide bonds. The highest BCUT2D eigenvalue weighted by Crippen LogP contribution is 2.28. The Morgan fingerprint density at radius 3 is 3.00 bits per heavy atom. The molecule has 0 atom stereocenters. The second-order valence-corrected chi connectivity index (χ2v) is 4.32. The molecule has 4 N–H and O–H groups in total. The number of halogens is 1. The fraction of sp³-hybridized carbons (Fsp3) is 0.182. The first-order chi connectivity index (χ1) is 7.72. The molecule has 0 unspecified atom stereocenters. The van der Waals surface area contributed by atoms with Gasteiger partial charge in [-0.25, -0.2) is 0 Å². The smallest absolute Gasteiger partial charge is 0.0954 e. The van der Waals surface area contributed by atoms with E-state index in [1.165, 1.54) is 0 Å². The van der Waals surface area contributed by atoms with Gasteiger partial charge in [0.25, 0.3) is 0 Å². The predicted octanol–water partition coefficient (Wildman–Crippen LogP) is 1.98. The van der Waals surface area contributed by atoms with Crippen molar-refractivity contribution in [3.05, 3.63) is 28.9 Å². The molecule has 1 heterocycles. The molecular weight excluding hydrogens is 270 g/mol. The Hall–Kier alpha value is -1.33. The SMILES string of the molecule is Nc1ccc(NCCO)c2ncc(Br)cc12. The molecule has 0 radical (unpaired) electrons. The minimum atomic E-state index is 0.0857. The number of nitrogens with two attached hydrogens (primary N) is 1. The minimum absolute atomic E-state index is 0.0857. The number of benzene rings is 1. The summed E-state index contributed by atoms with van der Waals surface area (Å²) in [7, 11) is 0. The number of pyridine rings is 1. The van der Waals surface area contributed by atoms with Crippen molar-refractivity contribution in [1.82, 2.24) is 4.98 Å². The topological polar surface area (TPSA) is 71.2 Å². The molecular formula is C11H12BrN3O. The van der Waals surface area contributed by atoms with E-state index < -0.39 is 0 Å². The number of fused-ring (bicyclic) bond motifs is 1. The van der Waals surface area contributed by atoms with Crippen LogP contribution in [0, 0.1) is 0 Å². The number of nitrogens with zero attached hydrogens (tertiary/aromatic N) is 1. The first kappa shape index (κ1) is 11.2. The summed E-state index contributed by atoms with van der Waals surface area (Å²) in [5.74, 6) is 0. The van der Waals surface area contributed by atoms with Gasteiger partial charge in [0.05, 0.1) is 17.8 Å². The van der Waals surface area contributed by atoms with Gasteiger partial charge < -0.3 is 16.2 Å². The number of aliphatic hydroxyl groups excluding tert-OH is 1. The Bertz CT molecular complexity index is 516. The number of hydrogen-bond donors (Lipinski definition) is 3. The molecule has 0 saturated carbocycles. The zero-order valence-corrected chi connectivity index (χ0v) is 10.2. The molecule has 0 aliphatic carbocycles. The van der Waals surface area contributed by atoms with Crippen LogP contribution in [0.3, 0.4) is 0 Å². The maximum absolute atomic E-state index is 8.78. The van der Waals surface area contributed by atoms with Crippen molar-refractivity contribution in [3.63, 3.8) is 0 Å². The molecule has 4 nitrogen and oxygen atoms in total. The fourth-order valence-electron chi connectivity index (χ4n) is 1.55. The van der Waals surface area contributed by atoms with Gasteiger partial charge in [0.1, 0.15) is 0 Å². The number of nitrogens with one attached hydrogen (secondary N) is 1. The molecule has 16 heavy (non-hydrogen) atoms. The molecule has 2 aromatic rings. The van der Waals surface area contributed by atoms with E-state index in [0.29, 0.717) is 12.2 Å². The number of aromatic nitrogens is 1. The molecule has 1 aromatic carbocycles. The second kappa shape index (κ2) is 4.67. The monoisotopic (exact) mass is 281 g/mol. The number of hydrogen-bond acceptors (Lipinski definition) is 4. The van der Waals surface area contributed by atoms with Gasteiger partial charge in [-0.05, 0) is 34.1 Å². The van der Waals surface area contributed by atoms with Crippen LogP contribution in [-0.2, 0) is 0 Å². The number of nitrogen functional groups attached to an aromatic ring is 1. The molecule has 0 aliphatic heterocycles. The van der Waals surface area contributed by atoms with Crippen LogP contribution in [0.4, 0.5) is 11.4 Å². The summed E-state index contributed by atoms with van der Waals surface area (Å²) in [6.45, 7) is 0.582. The van der Waals surface area contributed by atoms with Crippen molar-refractivity contribution in [2.75, 3.05) is 24.2 Å². The third kappa shape index (κ3) is 2.10. The summed E-state index contributed by atoms with van der Waals surface area (Å²) in [4.78, 5) is 4.32. The number of rotatable bonds is 3. The number of anilines is 2. The zero-order valence-electron chi connectivity index (χ0n) is 8.57. The lowest BCUT2D eigenvalue weighted by atomic mass is 10.1. The molecule has 0 spiro atoms. The van der Waals surface area contributed by atoms with Crippen molar-refractivity contribution in [1.29, 1.82) is 0 Å². The Morgan fingerprint density at radius 2 is 2.25 bits per heavy atom. The standard InChI is InChI=1S/C11H12BrN3O/c12-7-5-8-9(13)1-2-10(14-3-4-16)11(8)15-6-7/h1-2,5-6,14,16H,3-4,13H2. The second-order valence-electron chi connectivity index (χ2n) is 3.40. The zero-order chi connectivity index (χ0) is 11.5. The highest BCUT2D eigenvalue weighted by atomic mass is 79.9. The fourth-order valence-corrected chi connectivity index (χ4v) is 1.88. The summed E-state index contributed by atoms with van der Waals surface area (Å²) in [5, 5.41) is 12.8. The predicted molar refractivity (Wildman–Crippen MR) is 69.4 cm³/mol. The summed E-state index contributed by atoms with van der Waals surface area (Å²) >= 11 is 3.37. The largest absolute Gasteiger partial charge is 0.398 e. The average Bonchev–Trinajstić information content (AvgIpc) is 2.29. The summed E-state index contributed by atoms with van der Waals surface area (Å²) in [6, 6.07) is 5.63. The Balaban J connectivity index is 2.55. The van der Waals surface area contributed by atoms with Crippen molar-refractivity contribution in [2.24, 2.45) is 0 Å². The first-order valence-corrected chi connectivity index (χ1v) is 5.70. The van der Waals surface area contributed by atoms with Crippen molar-refractivity contribution >= 4 is 38.2 Å². The van der Waals surface area contributed by atoms with Crippen molar-refractivity contribution in [2.45, 2.75) is 0 Å². The highest BCUT2D eigenvalue weighted by molar-refractivity contribution is 9.10. The normalized spacial score (nSPS) is 10.6. The maximum Gasteiger partial charge on any atom is 0.0954 e. The Kier molecular flexibility index (Phi) is 3.26. The molecule has 0 fully saturated rings. The first-order valence-electron chi connectivity index (χ1n) is 4.91. The van der Waals surface area contributed by atoms with Crippen LogP contribution in [0.2, 0.25) is 0 Å². The van der Waals surface area contributed by atoms with Gasteiger partial charge in [-0.1, -0.05) is 0 Å². The summed E-state index contributed by atoms with van der Waals surface area (Å²) in [6.07, 6.45) is 1.73. The summed E-state index contributed by atoms with van der Waals surface area (Å²) in [5.41, 5.74) is 8.27. The van der Waals surface area contributed by atoms with Crippen molar-refractivity contribution < 1.29 is 5.11 Å². The lowest BCUT2D eigenvalue weighted by molar-refractivity contribution is 0.311.